The number of amides is 2. The number of aromatic nitrogens is 2. The summed E-state index contributed by atoms with van der Waals surface area (Å²) in [5.74, 6) is 4.13. The Morgan fingerprint density at radius 1 is 1.15 bits per heavy atom. The normalized spacial score (nSPS) is 9.90. The van der Waals surface area contributed by atoms with Gasteiger partial charge in [-0.3, -0.25) is 15.0 Å². The van der Waals surface area contributed by atoms with Crippen LogP contribution in [0, 0.1) is 0 Å². The highest BCUT2D eigenvalue weighted by atomic mass is 35.5. The molecule has 8 heteroatoms. The maximum atomic E-state index is 12.0. The summed E-state index contributed by atoms with van der Waals surface area (Å²) in [6.07, 6.45) is 1.45. The Bertz CT molecular complexity index is 662. The molecule has 102 valence electrons. The quantitative estimate of drug-likeness (QED) is 0.444. The first-order valence-corrected chi connectivity index (χ1v) is 5.89. The lowest BCUT2D eigenvalue weighted by Crippen LogP contribution is -2.30. The topological polar surface area (TPSA) is 110 Å². The van der Waals surface area contributed by atoms with Crippen LogP contribution in [-0.2, 0) is 0 Å². The number of anilines is 1. The number of pyridine rings is 2. The van der Waals surface area contributed by atoms with Gasteiger partial charge in [0, 0.05) is 6.20 Å². The third kappa shape index (κ3) is 3.08. The Balaban J connectivity index is 2.20. The molecule has 0 aromatic carbocycles. The molecule has 0 saturated carbocycles. The molecule has 0 fully saturated rings. The first-order valence-electron chi connectivity index (χ1n) is 5.51. The van der Waals surface area contributed by atoms with E-state index < -0.39 is 11.8 Å². The third-order valence-electron chi connectivity index (χ3n) is 2.33. The van der Waals surface area contributed by atoms with Crippen molar-refractivity contribution in [3.05, 3.63) is 52.9 Å². The van der Waals surface area contributed by atoms with Crippen LogP contribution in [0.5, 0.6) is 0 Å². The molecule has 0 unspecified atom stereocenters. The number of nitrogens with two attached hydrogens (primary N) is 1. The average Bonchev–Trinajstić information content (AvgIpc) is 2.47. The van der Waals surface area contributed by atoms with Crippen molar-refractivity contribution in [2.24, 2.45) is 5.84 Å². The molecule has 0 saturated heterocycles. The molecule has 2 aromatic rings. The number of nitrogens with one attached hydrogen (secondary N) is 2. The minimum atomic E-state index is -0.558. The largest absolute Gasteiger partial charge is 0.305 e. The van der Waals surface area contributed by atoms with E-state index in [0.29, 0.717) is 0 Å². The van der Waals surface area contributed by atoms with Gasteiger partial charge in [0.05, 0.1) is 5.02 Å². The van der Waals surface area contributed by atoms with Crippen molar-refractivity contribution in [1.29, 1.82) is 0 Å². The summed E-state index contributed by atoms with van der Waals surface area (Å²) in [4.78, 5) is 31.1. The van der Waals surface area contributed by atoms with Gasteiger partial charge < -0.3 is 5.32 Å². The van der Waals surface area contributed by atoms with E-state index >= 15 is 0 Å². The number of halogens is 1. The van der Waals surface area contributed by atoms with Crippen molar-refractivity contribution in [1.82, 2.24) is 15.4 Å². The molecule has 2 amide bonds. The Kier molecular flexibility index (Phi) is 4.24. The second-order valence-corrected chi connectivity index (χ2v) is 4.08. The van der Waals surface area contributed by atoms with Crippen molar-refractivity contribution in [3.63, 3.8) is 0 Å². The van der Waals surface area contributed by atoms with Crippen molar-refractivity contribution in [2.75, 3.05) is 5.32 Å². The van der Waals surface area contributed by atoms with Crippen LogP contribution in [0.2, 0.25) is 5.02 Å². The number of carbonyl (C=O) groups is 2. The van der Waals surface area contributed by atoms with Gasteiger partial charge in [-0.15, -0.1) is 0 Å². The Morgan fingerprint density at radius 3 is 2.65 bits per heavy atom. The molecule has 0 spiro atoms. The lowest BCUT2D eigenvalue weighted by molar-refractivity contribution is 0.0947. The lowest BCUT2D eigenvalue weighted by atomic mass is 10.3. The first kappa shape index (κ1) is 13.9. The highest BCUT2D eigenvalue weighted by Gasteiger charge is 2.13. The van der Waals surface area contributed by atoms with Gasteiger partial charge in [0.1, 0.15) is 17.2 Å². The Morgan fingerprint density at radius 2 is 1.95 bits per heavy atom. The van der Waals surface area contributed by atoms with Crippen LogP contribution in [0.25, 0.3) is 0 Å². The van der Waals surface area contributed by atoms with E-state index in [4.69, 9.17) is 17.4 Å². The van der Waals surface area contributed by atoms with Crippen LogP contribution in [0.1, 0.15) is 21.0 Å². The highest BCUT2D eigenvalue weighted by Crippen LogP contribution is 2.14. The first-order chi connectivity index (χ1) is 9.61. The molecule has 0 radical (unpaired) electrons. The fourth-order valence-electron chi connectivity index (χ4n) is 1.43. The molecule has 0 aliphatic carbocycles. The summed E-state index contributed by atoms with van der Waals surface area (Å²) < 4.78 is 0. The lowest BCUT2D eigenvalue weighted by Gasteiger charge is -2.06. The third-order valence-corrected chi connectivity index (χ3v) is 2.63. The van der Waals surface area contributed by atoms with Crippen molar-refractivity contribution in [3.8, 4) is 0 Å². The van der Waals surface area contributed by atoms with E-state index in [0.717, 1.165) is 0 Å². The Labute approximate surface area is 119 Å². The summed E-state index contributed by atoms with van der Waals surface area (Å²) >= 11 is 5.87. The monoisotopic (exact) mass is 291 g/mol. The van der Waals surface area contributed by atoms with Gasteiger partial charge in [-0.1, -0.05) is 17.7 Å². The van der Waals surface area contributed by atoms with E-state index in [1.165, 1.54) is 18.3 Å². The maximum absolute atomic E-state index is 12.0. The molecular formula is C12H10ClN5O2. The van der Waals surface area contributed by atoms with Gasteiger partial charge in [-0.05, 0) is 24.3 Å². The minimum absolute atomic E-state index is 0.0737. The molecule has 4 N–H and O–H groups in total. The van der Waals surface area contributed by atoms with Crippen LogP contribution in [0.3, 0.4) is 0 Å². The van der Waals surface area contributed by atoms with Gasteiger partial charge in [-0.25, -0.2) is 15.8 Å². The smallest absolute Gasteiger partial charge is 0.283 e. The number of nitrogens with zero attached hydrogens (tertiary/aromatic N) is 2. The number of hydrogen-bond acceptors (Lipinski definition) is 5. The summed E-state index contributed by atoms with van der Waals surface area (Å²) in [6.45, 7) is 0. The van der Waals surface area contributed by atoms with Gasteiger partial charge in [0.15, 0.2) is 0 Å². The molecule has 2 rings (SSSR count). The van der Waals surface area contributed by atoms with Gasteiger partial charge in [0.25, 0.3) is 11.8 Å². The second kappa shape index (κ2) is 6.09. The number of nitrogen functional groups attached to an aromatic ring is 1. The maximum Gasteiger partial charge on any atom is 0.283 e. The molecule has 7 nitrogen and oxygen atoms in total. The van der Waals surface area contributed by atoms with Gasteiger partial charge >= 0.3 is 0 Å². The van der Waals surface area contributed by atoms with Gasteiger partial charge in [0.2, 0.25) is 0 Å². The van der Waals surface area contributed by atoms with Gasteiger partial charge in [-0.2, -0.15) is 0 Å². The van der Waals surface area contributed by atoms with Crippen molar-refractivity contribution in [2.45, 2.75) is 0 Å². The highest BCUT2D eigenvalue weighted by molar-refractivity contribution is 6.34. The zero-order valence-electron chi connectivity index (χ0n) is 10.1. The van der Waals surface area contributed by atoms with E-state index in [2.05, 4.69) is 15.3 Å². The summed E-state index contributed by atoms with van der Waals surface area (Å²) in [6, 6.07) is 7.72. The van der Waals surface area contributed by atoms with E-state index in [9.17, 15) is 9.59 Å². The molecule has 2 heterocycles. The number of hydrazine groups is 1. The van der Waals surface area contributed by atoms with Crippen LogP contribution in [0.15, 0.2) is 36.5 Å². The zero-order valence-corrected chi connectivity index (χ0v) is 10.9. The number of carbonyl (C=O) groups excluding carboxylic acids is 2. The molecule has 0 bridgehead atoms. The number of hydrogen-bond donors (Lipinski definition) is 3. The Hall–Kier alpha value is -2.51. The fraction of sp³-hybridized carbons (Fsp3) is 0. The van der Waals surface area contributed by atoms with E-state index in [-0.39, 0.29) is 22.2 Å². The molecule has 0 atom stereocenters. The predicted octanol–water partition coefficient (Wildman–Crippen LogP) is 0.986. The standard InChI is InChI=1S/C12H10ClN5O2/c13-7-3-2-6-15-10(7)12(20)17-9-5-1-4-8(16-9)11(19)18-14/h1-6H,14H2,(H,18,19)(H,16,17,20). The molecule has 0 aliphatic rings. The second-order valence-electron chi connectivity index (χ2n) is 3.67. The molecule has 0 aliphatic heterocycles. The number of rotatable bonds is 3. The predicted molar refractivity (Wildman–Crippen MR) is 73.1 cm³/mol. The van der Waals surface area contributed by atoms with Crippen LogP contribution in [0.4, 0.5) is 5.82 Å². The van der Waals surface area contributed by atoms with E-state index in [1.807, 2.05) is 5.43 Å². The van der Waals surface area contributed by atoms with Crippen LogP contribution in [-0.4, -0.2) is 21.8 Å². The van der Waals surface area contributed by atoms with Crippen molar-refractivity contribution >= 4 is 29.2 Å². The summed E-state index contributed by atoms with van der Waals surface area (Å²) in [5.41, 5.74) is 2.11. The summed E-state index contributed by atoms with van der Waals surface area (Å²) in [7, 11) is 0. The minimum Gasteiger partial charge on any atom is -0.305 e. The average molecular weight is 292 g/mol. The zero-order chi connectivity index (χ0) is 14.5. The molecule has 20 heavy (non-hydrogen) atoms. The molecule has 2 aromatic heterocycles. The molecular weight excluding hydrogens is 282 g/mol. The van der Waals surface area contributed by atoms with Crippen LogP contribution < -0.4 is 16.6 Å². The van der Waals surface area contributed by atoms with Crippen molar-refractivity contribution < 1.29 is 9.59 Å². The van der Waals surface area contributed by atoms with E-state index in [1.54, 1.807) is 18.2 Å². The van der Waals surface area contributed by atoms with Crippen LogP contribution >= 0.6 is 11.6 Å². The SMILES string of the molecule is NNC(=O)c1cccc(NC(=O)c2ncccc2Cl)n1. The summed E-state index contributed by atoms with van der Waals surface area (Å²) in [5, 5.41) is 2.72. The fourth-order valence-corrected chi connectivity index (χ4v) is 1.64.